The van der Waals surface area contributed by atoms with E-state index in [0.29, 0.717) is 11.6 Å². The molecule has 1 saturated heterocycles. The Morgan fingerprint density at radius 2 is 2.24 bits per heavy atom. The van der Waals surface area contributed by atoms with Gasteiger partial charge in [0.15, 0.2) is 0 Å². The number of amides is 2. The first-order valence-electron chi connectivity index (χ1n) is 5.13. The van der Waals surface area contributed by atoms with E-state index in [4.69, 9.17) is 10.8 Å². The molecule has 1 aliphatic rings. The minimum absolute atomic E-state index is 0.0102. The summed E-state index contributed by atoms with van der Waals surface area (Å²) in [5.74, 6) is -0.803. The Hall–Kier alpha value is -1.28. The van der Waals surface area contributed by atoms with Gasteiger partial charge in [-0.15, -0.1) is 11.8 Å². The lowest BCUT2D eigenvalue weighted by molar-refractivity contribution is -0.142. The lowest BCUT2D eigenvalue weighted by Crippen LogP contribution is -2.49. The van der Waals surface area contributed by atoms with E-state index in [2.05, 4.69) is 10.6 Å². The molecule has 0 aliphatic carbocycles. The number of hydrogen-bond donors (Lipinski definition) is 4. The van der Waals surface area contributed by atoms with Crippen LogP contribution in [0.5, 0.6) is 0 Å². The summed E-state index contributed by atoms with van der Waals surface area (Å²) in [6, 6.07) is -1.43. The molecule has 1 heterocycles. The molecule has 2 atom stereocenters. The summed E-state index contributed by atoms with van der Waals surface area (Å²) in [6.45, 7) is 0. The Kier molecular flexibility index (Phi) is 5.23. The van der Waals surface area contributed by atoms with Crippen LogP contribution in [-0.4, -0.2) is 46.6 Å². The highest BCUT2D eigenvalue weighted by atomic mass is 32.2. The minimum Gasteiger partial charge on any atom is -0.480 e. The highest BCUT2D eigenvalue weighted by Gasteiger charge is 2.27. The number of carbonyl (C=O) groups excluding carboxylic acids is 2. The maximum Gasteiger partial charge on any atom is 0.326 e. The van der Waals surface area contributed by atoms with Crippen molar-refractivity contribution in [3.05, 3.63) is 0 Å². The van der Waals surface area contributed by atoms with Crippen molar-refractivity contribution in [2.75, 3.05) is 11.6 Å². The average molecular weight is 261 g/mol. The second kappa shape index (κ2) is 6.45. The lowest BCUT2D eigenvalue weighted by atomic mass is 10.1. The van der Waals surface area contributed by atoms with Crippen molar-refractivity contribution >= 4 is 29.5 Å². The number of rotatable bonds is 6. The van der Waals surface area contributed by atoms with Crippen molar-refractivity contribution in [1.29, 1.82) is 0 Å². The van der Waals surface area contributed by atoms with Gasteiger partial charge in [-0.25, -0.2) is 4.79 Å². The van der Waals surface area contributed by atoms with Gasteiger partial charge in [0.1, 0.15) is 6.04 Å². The minimum atomic E-state index is -1.16. The van der Waals surface area contributed by atoms with Gasteiger partial charge in [-0.1, -0.05) is 0 Å². The van der Waals surface area contributed by atoms with E-state index < -0.39 is 17.9 Å². The number of nitrogens with one attached hydrogen (secondary N) is 2. The Morgan fingerprint density at radius 3 is 2.71 bits per heavy atom. The second-order valence-corrected chi connectivity index (χ2v) is 4.71. The molecule has 0 aromatic carbocycles. The molecule has 0 spiro atoms. The van der Waals surface area contributed by atoms with Gasteiger partial charge in [0.05, 0.1) is 6.04 Å². The zero-order chi connectivity index (χ0) is 12.8. The molecular formula is C9H15N3O4S. The Balaban J connectivity index is 2.44. The van der Waals surface area contributed by atoms with E-state index in [-0.39, 0.29) is 24.8 Å². The highest BCUT2D eigenvalue weighted by molar-refractivity contribution is 7.99. The SMILES string of the molecule is NC(=O)CC[C@H](NC(=O)C1CSCN1)C(=O)O. The molecule has 0 bridgehead atoms. The van der Waals surface area contributed by atoms with Crippen LogP contribution in [0.3, 0.4) is 0 Å². The molecule has 0 radical (unpaired) electrons. The van der Waals surface area contributed by atoms with Gasteiger partial charge >= 0.3 is 5.97 Å². The number of carboxylic acid groups (broad SMARTS) is 1. The van der Waals surface area contributed by atoms with E-state index >= 15 is 0 Å². The molecule has 1 aliphatic heterocycles. The number of carboxylic acids is 1. The number of aliphatic carboxylic acids is 1. The van der Waals surface area contributed by atoms with E-state index in [1.54, 1.807) is 11.8 Å². The van der Waals surface area contributed by atoms with Gasteiger partial charge in [-0.3, -0.25) is 14.9 Å². The summed E-state index contributed by atoms with van der Waals surface area (Å²) in [6.07, 6.45) is -0.0552. The van der Waals surface area contributed by atoms with Crippen molar-refractivity contribution in [3.8, 4) is 0 Å². The standard InChI is InChI=1S/C9H15N3O4S/c10-7(13)2-1-5(9(15)16)12-8(14)6-3-17-4-11-6/h5-6,11H,1-4H2,(H2,10,13)(H,12,14)(H,15,16)/t5-,6?/m0/s1. The topological polar surface area (TPSA) is 122 Å². The van der Waals surface area contributed by atoms with Crippen LogP contribution < -0.4 is 16.4 Å². The van der Waals surface area contributed by atoms with Crippen molar-refractivity contribution in [3.63, 3.8) is 0 Å². The smallest absolute Gasteiger partial charge is 0.326 e. The fourth-order valence-electron chi connectivity index (χ4n) is 1.38. The van der Waals surface area contributed by atoms with Gasteiger partial charge in [0, 0.05) is 18.1 Å². The maximum atomic E-state index is 11.6. The molecule has 17 heavy (non-hydrogen) atoms. The van der Waals surface area contributed by atoms with Gasteiger partial charge in [0.2, 0.25) is 11.8 Å². The predicted molar refractivity (Wildman–Crippen MR) is 62.2 cm³/mol. The zero-order valence-corrected chi connectivity index (χ0v) is 9.96. The van der Waals surface area contributed by atoms with Crippen molar-refractivity contribution in [2.45, 2.75) is 24.9 Å². The monoisotopic (exact) mass is 261 g/mol. The number of thioether (sulfide) groups is 1. The third-order valence-electron chi connectivity index (χ3n) is 2.33. The summed E-state index contributed by atoms with van der Waals surface area (Å²) in [7, 11) is 0. The molecule has 1 unspecified atom stereocenters. The van der Waals surface area contributed by atoms with Crippen molar-refractivity contribution in [2.24, 2.45) is 5.73 Å². The summed E-state index contributed by atoms with van der Waals surface area (Å²) in [5, 5.41) is 14.2. The summed E-state index contributed by atoms with van der Waals surface area (Å²) < 4.78 is 0. The molecule has 0 saturated carbocycles. The largest absolute Gasteiger partial charge is 0.480 e. The molecular weight excluding hydrogens is 246 g/mol. The molecule has 8 heteroatoms. The van der Waals surface area contributed by atoms with E-state index in [9.17, 15) is 14.4 Å². The fraction of sp³-hybridized carbons (Fsp3) is 0.667. The van der Waals surface area contributed by atoms with Gasteiger partial charge in [-0.2, -0.15) is 0 Å². The Bertz CT molecular complexity index is 317. The van der Waals surface area contributed by atoms with Crippen LogP contribution in [0.2, 0.25) is 0 Å². The average Bonchev–Trinajstić information content (AvgIpc) is 2.76. The molecule has 1 fully saturated rings. The Morgan fingerprint density at radius 1 is 1.53 bits per heavy atom. The number of primary amides is 1. The maximum absolute atomic E-state index is 11.6. The molecule has 1 rings (SSSR count). The van der Waals surface area contributed by atoms with Crippen molar-refractivity contribution < 1.29 is 19.5 Å². The summed E-state index contributed by atoms with van der Waals surface area (Å²) >= 11 is 1.57. The normalized spacial score (nSPS) is 20.8. The molecule has 5 N–H and O–H groups in total. The first kappa shape index (κ1) is 13.8. The molecule has 2 amide bonds. The molecule has 7 nitrogen and oxygen atoms in total. The highest BCUT2D eigenvalue weighted by Crippen LogP contribution is 2.10. The van der Waals surface area contributed by atoms with E-state index in [1.807, 2.05) is 0 Å². The van der Waals surface area contributed by atoms with Crippen molar-refractivity contribution in [1.82, 2.24) is 10.6 Å². The molecule has 0 aromatic rings. The molecule has 0 aromatic heterocycles. The van der Waals surface area contributed by atoms with Crippen LogP contribution in [-0.2, 0) is 14.4 Å². The fourth-order valence-corrected chi connectivity index (χ4v) is 2.32. The van der Waals surface area contributed by atoms with Gasteiger partial charge in [-0.05, 0) is 6.42 Å². The first-order valence-corrected chi connectivity index (χ1v) is 6.29. The van der Waals surface area contributed by atoms with E-state index in [1.165, 1.54) is 0 Å². The van der Waals surface area contributed by atoms with Gasteiger partial charge < -0.3 is 16.2 Å². The predicted octanol–water partition coefficient (Wildman–Crippen LogP) is -1.52. The number of nitrogens with two attached hydrogens (primary N) is 1. The van der Waals surface area contributed by atoms with Crippen LogP contribution in [0.15, 0.2) is 0 Å². The van der Waals surface area contributed by atoms with Gasteiger partial charge in [0.25, 0.3) is 0 Å². The van der Waals surface area contributed by atoms with Crippen LogP contribution in [0.25, 0.3) is 0 Å². The lowest BCUT2D eigenvalue weighted by Gasteiger charge is -2.16. The number of carbonyl (C=O) groups is 3. The zero-order valence-electron chi connectivity index (χ0n) is 9.14. The Labute approximate surface area is 102 Å². The molecule has 96 valence electrons. The quantitative estimate of drug-likeness (QED) is 0.461. The summed E-state index contributed by atoms with van der Waals surface area (Å²) in [5.41, 5.74) is 4.93. The summed E-state index contributed by atoms with van der Waals surface area (Å²) in [4.78, 5) is 33.1. The van der Waals surface area contributed by atoms with Crippen LogP contribution in [0.1, 0.15) is 12.8 Å². The first-order chi connectivity index (χ1) is 8.00. The van der Waals surface area contributed by atoms with Crippen LogP contribution >= 0.6 is 11.8 Å². The third kappa shape index (κ3) is 4.61. The van der Waals surface area contributed by atoms with Crippen LogP contribution in [0, 0.1) is 0 Å². The number of hydrogen-bond acceptors (Lipinski definition) is 5. The van der Waals surface area contributed by atoms with Crippen LogP contribution in [0.4, 0.5) is 0 Å². The second-order valence-electron chi connectivity index (χ2n) is 3.68. The van der Waals surface area contributed by atoms with E-state index in [0.717, 1.165) is 0 Å². The third-order valence-corrected chi connectivity index (χ3v) is 3.27.